The Hall–Kier alpha value is -1.11. The molecule has 0 saturated carbocycles. The molecule has 3 rings (SSSR count). The van der Waals surface area contributed by atoms with Gasteiger partial charge in [-0.15, -0.1) is 0 Å². The summed E-state index contributed by atoms with van der Waals surface area (Å²) in [5.41, 5.74) is 7.20. The van der Waals surface area contributed by atoms with Crippen LogP contribution < -0.4 is 0 Å². The van der Waals surface area contributed by atoms with E-state index in [1.165, 1.54) is 17.6 Å². The van der Waals surface area contributed by atoms with Crippen LogP contribution in [0.5, 0.6) is 0 Å². The zero-order valence-electron chi connectivity index (χ0n) is 11.7. The third-order valence-corrected chi connectivity index (χ3v) is 5.13. The van der Waals surface area contributed by atoms with Crippen molar-refractivity contribution in [1.29, 1.82) is 0 Å². The van der Waals surface area contributed by atoms with Crippen LogP contribution in [0.1, 0.15) is 59.3 Å². The molecule has 1 atom stereocenters. The summed E-state index contributed by atoms with van der Waals surface area (Å²) in [6, 6.07) is 0. The van der Waals surface area contributed by atoms with E-state index in [-0.39, 0.29) is 5.41 Å². The molecule has 0 spiro atoms. The van der Waals surface area contributed by atoms with Crippen molar-refractivity contribution >= 4 is 5.78 Å². The molecule has 96 valence electrons. The molecular weight excluding hydrogens is 220 g/mol. The summed E-state index contributed by atoms with van der Waals surface area (Å²) >= 11 is 0. The van der Waals surface area contributed by atoms with Crippen molar-refractivity contribution in [2.75, 3.05) is 0 Å². The maximum Gasteiger partial charge on any atom is 0.163 e. The van der Waals surface area contributed by atoms with Gasteiger partial charge in [-0.05, 0) is 62.7 Å². The van der Waals surface area contributed by atoms with Crippen LogP contribution in [0.15, 0.2) is 33.9 Å². The molecule has 3 aliphatic rings. The van der Waals surface area contributed by atoms with Crippen molar-refractivity contribution in [2.24, 2.45) is 5.41 Å². The number of ketones is 1. The van der Waals surface area contributed by atoms with Crippen molar-refractivity contribution < 1.29 is 4.79 Å². The van der Waals surface area contributed by atoms with E-state index in [0.29, 0.717) is 12.2 Å². The van der Waals surface area contributed by atoms with Gasteiger partial charge in [-0.2, -0.15) is 0 Å². The molecule has 0 aliphatic heterocycles. The number of carbonyl (C=O) groups is 1. The first-order valence-electron chi connectivity index (χ1n) is 7.13. The molecule has 1 nitrogen and oxygen atoms in total. The second-order valence-electron chi connectivity index (χ2n) is 6.51. The fourth-order valence-electron chi connectivity index (χ4n) is 3.98. The first-order chi connectivity index (χ1) is 8.51. The first kappa shape index (κ1) is 12.0. The number of fused-ring (bicyclic) bond motifs is 2. The van der Waals surface area contributed by atoms with Gasteiger partial charge in [0.05, 0.1) is 0 Å². The molecule has 0 bridgehead atoms. The highest BCUT2D eigenvalue weighted by Gasteiger charge is 2.40. The van der Waals surface area contributed by atoms with Crippen molar-refractivity contribution in [2.45, 2.75) is 59.3 Å². The quantitative estimate of drug-likeness (QED) is 0.611. The van der Waals surface area contributed by atoms with E-state index in [1.54, 1.807) is 11.1 Å². The minimum atomic E-state index is 0.115. The molecule has 0 aromatic heterocycles. The Kier molecular flexibility index (Phi) is 2.62. The number of Topliss-reactive ketones (excluding diaryl/α,β-unsaturated/α-hetero) is 1. The number of hydrogen-bond acceptors (Lipinski definition) is 1. The van der Waals surface area contributed by atoms with Crippen molar-refractivity contribution in [3.05, 3.63) is 33.9 Å². The van der Waals surface area contributed by atoms with Crippen LogP contribution in [-0.4, -0.2) is 5.78 Å². The van der Waals surface area contributed by atoms with Gasteiger partial charge in [-0.3, -0.25) is 4.79 Å². The van der Waals surface area contributed by atoms with Crippen LogP contribution in [0.3, 0.4) is 0 Å². The zero-order chi connectivity index (χ0) is 12.9. The number of rotatable bonds is 0. The molecular formula is C17H22O. The van der Waals surface area contributed by atoms with Gasteiger partial charge in [0.15, 0.2) is 5.78 Å². The second-order valence-corrected chi connectivity index (χ2v) is 6.51. The highest BCUT2D eigenvalue weighted by molar-refractivity contribution is 5.99. The average Bonchev–Trinajstić information content (AvgIpc) is 2.83. The lowest BCUT2D eigenvalue weighted by atomic mass is 9.72. The van der Waals surface area contributed by atoms with E-state index in [9.17, 15) is 4.79 Å². The summed E-state index contributed by atoms with van der Waals surface area (Å²) in [5, 5.41) is 0. The summed E-state index contributed by atoms with van der Waals surface area (Å²) < 4.78 is 0. The summed E-state index contributed by atoms with van der Waals surface area (Å²) in [7, 11) is 0. The number of hydrogen-bond donors (Lipinski definition) is 0. The van der Waals surface area contributed by atoms with Crippen molar-refractivity contribution in [3.8, 4) is 0 Å². The Morgan fingerprint density at radius 2 is 1.89 bits per heavy atom. The molecule has 3 aliphatic carbocycles. The Labute approximate surface area is 110 Å². The minimum Gasteiger partial charge on any atom is -0.294 e. The molecule has 0 aromatic rings. The zero-order valence-corrected chi connectivity index (χ0v) is 11.7. The Morgan fingerprint density at radius 1 is 1.11 bits per heavy atom. The monoisotopic (exact) mass is 242 g/mol. The first-order valence-corrected chi connectivity index (χ1v) is 7.13. The minimum absolute atomic E-state index is 0.115. The molecule has 18 heavy (non-hydrogen) atoms. The van der Waals surface area contributed by atoms with E-state index >= 15 is 0 Å². The summed E-state index contributed by atoms with van der Waals surface area (Å²) in [5.74, 6) is 0.378. The third-order valence-electron chi connectivity index (χ3n) is 5.13. The number of carbonyl (C=O) groups excluding carboxylic acids is 1. The van der Waals surface area contributed by atoms with Gasteiger partial charge in [0.1, 0.15) is 0 Å². The molecule has 0 amide bonds. The summed E-state index contributed by atoms with van der Waals surface area (Å²) in [4.78, 5) is 12.4. The van der Waals surface area contributed by atoms with Gasteiger partial charge in [0.25, 0.3) is 0 Å². The van der Waals surface area contributed by atoms with Crippen LogP contribution in [0, 0.1) is 5.41 Å². The van der Waals surface area contributed by atoms with Crippen LogP contribution in [0.4, 0.5) is 0 Å². The molecule has 0 radical (unpaired) electrons. The normalized spacial score (nSPS) is 36.2. The SMILES string of the molecule is CC1=C2C[C@]3(C)CCC=C3C(=O)C/C(C)=C\2CC1. The Morgan fingerprint density at radius 3 is 2.67 bits per heavy atom. The molecule has 0 fully saturated rings. The lowest BCUT2D eigenvalue weighted by Crippen LogP contribution is -2.24. The van der Waals surface area contributed by atoms with E-state index in [4.69, 9.17) is 0 Å². The molecule has 0 N–H and O–H groups in total. The standard InChI is InChI=1S/C17H22O/c1-11-6-7-13-12(2)9-16(18)15-5-4-8-17(15,3)10-14(11)13/h5H,4,6-10H2,1-3H3/b13-12-/t17-/m0/s1. The van der Waals surface area contributed by atoms with Gasteiger partial charge in [0, 0.05) is 11.8 Å². The summed E-state index contributed by atoms with van der Waals surface area (Å²) in [6.07, 6.45) is 8.53. The number of allylic oxidation sites excluding steroid dienone is 6. The maximum absolute atomic E-state index is 12.4. The largest absolute Gasteiger partial charge is 0.294 e. The van der Waals surface area contributed by atoms with Crippen LogP contribution in [-0.2, 0) is 4.79 Å². The van der Waals surface area contributed by atoms with Gasteiger partial charge in [-0.25, -0.2) is 0 Å². The van der Waals surface area contributed by atoms with E-state index in [1.807, 2.05) is 0 Å². The highest BCUT2D eigenvalue weighted by Crippen LogP contribution is 2.50. The van der Waals surface area contributed by atoms with Crippen molar-refractivity contribution in [3.63, 3.8) is 0 Å². The topological polar surface area (TPSA) is 17.1 Å². The molecule has 0 saturated heterocycles. The van der Waals surface area contributed by atoms with Gasteiger partial charge < -0.3 is 0 Å². The Bertz CT molecular complexity index is 516. The molecule has 1 heteroatoms. The molecule has 0 aromatic carbocycles. The van der Waals surface area contributed by atoms with Gasteiger partial charge >= 0.3 is 0 Å². The fraction of sp³-hybridized carbons (Fsp3) is 0.588. The van der Waals surface area contributed by atoms with Gasteiger partial charge in [0.2, 0.25) is 0 Å². The predicted molar refractivity (Wildman–Crippen MR) is 74.3 cm³/mol. The van der Waals surface area contributed by atoms with E-state index < -0.39 is 0 Å². The third kappa shape index (κ3) is 1.64. The molecule has 0 heterocycles. The highest BCUT2D eigenvalue weighted by atomic mass is 16.1. The lowest BCUT2D eigenvalue weighted by molar-refractivity contribution is -0.116. The predicted octanol–water partition coefficient (Wildman–Crippen LogP) is 4.50. The maximum atomic E-state index is 12.4. The van der Waals surface area contributed by atoms with Crippen molar-refractivity contribution in [1.82, 2.24) is 0 Å². The molecule has 0 unspecified atom stereocenters. The Balaban J connectivity index is 2.13. The van der Waals surface area contributed by atoms with E-state index in [2.05, 4.69) is 26.8 Å². The second kappa shape index (κ2) is 3.94. The fourth-order valence-corrected chi connectivity index (χ4v) is 3.98. The van der Waals surface area contributed by atoms with E-state index in [0.717, 1.165) is 31.3 Å². The lowest BCUT2D eigenvalue weighted by Gasteiger charge is -2.31. The van der Waals surface area contributed by atoms with Crippen LogP contribution in [0.2, 0.25) is 0 Å². The summed E-state index contributed by atoms with van der Waals surface area (Å²) in [6.45, 7) is 6.73. The average molecular weight is 242 g/mol. The van der Waals surface area contributed by atoms with Gasteiger partial charge in [-0.1, -0.05) is 24.1 Å². The smallest absolute Gasteiger partial charge is 0.163 e. The van der Waals surface area contributed by atoms with Crippen LogP contribution in [0.25, 0.3) is 0 Å². The van der Waals surface area contributed by atoms with Crippen LogP contribution >= 0.6 is 0 Å².